The molecule has 2 N–H and O–H groups in total. The molecule has 2 saturated heterocycles. The molecule has 0 spiro atoms. The third-order valence-corrected chi connectivity index (χ3v) is 15.8. The third kappa shape index (κ3) is 10.2. The van der Waals surface area contributed by atoms with Crippen molar-refractivity contribution in [2.24, 2.45) is 11.8 Å². The molecule has 1 atom stereocenters. The van der Waals surface area contributed by atoms with Gasteiger partial charge in [-0.1, -0.05) is 67.6 Å². The van der Waals surface area contributed by atoms with Gasteiger partial charge in [-0.2, -0.15) is 22.2 Å². The topological polar surface area (TPSA) is 137 Å². The molecule has 1 aromatic carbocycles. The molecule has 4 heterocycles. The molecule has 18 heteroatoms. The zero-order chi connectivity index (χ0) is 37.0. The average molecular weight is 856 g/mol. The number of aliphatic carboxylic acids is 1. The summed E-state index contributed by atoms with van der Waals surface area (Å²) in [6.45, 7) is 1.60. The smallest absolute Gasteiger partial charge is 0.420 e. The second-order valence-corrected chi connectivity index (χ2v) is 19.4. The number of nitrogens with zero attached hydrogens (tertiary/aromatic N) is 3. The number of aromatic nitrogens is 1. The van der Waals surface area contributed by atoms with E-state index in [1.54, 1.807) is 36.4 Å². The first-order valence-electron chi connectivity index (χ1n) is 16.6. The Morgan fingerprint density at radius 1 is 1.00 bits per heavy atom. The lowest BCUT2D eigenvalue weighted by molar-refractivity contribution is -0.139. The molecule has 5 rings (SSSR count). The molecule has 51 heavy (non-hydrogen) atoms. The van der Waals surface area contributed by atoms with Crippen molar-refractivity contribution in [1.29, 1.82) is 0 Å². The van der Waals surface area contributed by atoms with Crippen LogP contribution in [0.3, 0.4) is 0 Å². The van der Waals surface area contributed by atoms with Gasteiger partial charge in [0.25, 0.3) is 10.0 Å². The Morgan fingerprint density at radius 2 is 1.59 bits per heavy atom. The zero-order valence-corrected chi connectivity index (χ0v) is 32.3. The van der Waals surface area contributed by atoms with Gasteiger partial charge in [0, 0.05) is 36.8 Å². The molecule has 0 bridgehead atoms. The zero-order valence-electron chi connectivity index (χ0n) is 27.5. The fourth-order valence-corrected chi connectivity index (χ4v) is 11.7. The number of alkyl halides is 3. The number of nitrogens with one attached hydrogen (secondary N) is 1. The first kappa shape index (κ1) is 39.9. The van der Waals surface area contributed by atoms with Crippen molar-refractivity contribution in [3.8, 4) is 0 Å². The highest BCUT2D eigenvalue weighted by Crippen LogP contribution is 2.39. The summed E-state index contributed by atoms with van der Waals surface area (Å²) in [6, 6.07) is 8.76. The van der Waals surface area contributed by atoms with E-state index in [2.05, 4.69) is 20.9 Å². The highest BCUT2D eigenvalue weighted by Gasteiger charge is 2.39. The molecule has 3 aromatic rings. The van der Waals surface area contributed by atoms with E-state index < -0.39 is 48.7 Å². The number of hydrogen-bond acceptors (Lipinski definition) is 8. The molecule has 0 saturated carbocycles. The number of hydrogen-bond donors (Lipinski definition) is 2. The van der Waals surface area contributed by atoms with E-state index in [-0.39, 0.29) is 16.4 Å². The number of anilines is 1. The van der Waals surface area contributed by atoms with E-state index in [0.717, 1.165) is 56.1 Å². The van der Waals surface area contributed by atoms with E-state index in [1.165, 1.54) is 9.21 Å². The minimum absolute atomic E-state index is 0.195. The second kappa shape index (κ2) is 16.8. The summed E-state index contributed by atoms with van der Waals surface area (Å²) in [6.07, 6.45) is 2.55. The summed E-state index contributed by atoms with van der Waals surface area (Å²) in [5.41, 5.74) is -0.647. The monoisotopic (exact) mass is 854 g/mol. The van der Waals surface area contributed by atoms with Crippen LogP contribution in [0.5, 0.6) is 0 Å². The fraction of sp³-hybridized carbons (Fsp3) is 0.515. The van der Waals surface area contributed by atoms with Crippen LogP contribution in [0.15, 0.2) is 62.2 Å². The molecule has 0 amide bonds. The molecule has 280 valence electrons. The van der Waals surface area contributed by atoms with Crippen LogP contribution in [0, 0.1) is 11.8 Å². The number of rotatable bonds is 14. The average Bonchev–Trinajstić information content (AvgIpc) is 3.45. The fourth-order valence-electron chi connectivity index (χ4n) is 6.65. The van der Waals surface area contributed by atoms with E-state index in [0.29, 0.717) is 71.3 Å². The first-order valence-corrected chi connectivity index (χ1v) is 21.5. The maximum Gasteiger partial charge on any atom is 0.420 e. The summed E-state index contributed by atoms with van der Waals surface area (Å²) in [5, 5.41) is 9.61. The second-order valence-electron chi connectivity index (χ2n) is 13.0. The Labute approximate surface area is 313 Å². The molecular weight excluding hydrogens is 817 g/mol. The van der Waals surface area contributed by atoms with Gasteiger partial charge in [0.2, 0.25) is 10.0 Å². The minimum atomic E-state index is -4.89. The van der Waals surface area contributed by atoms with Gasteiger partial charge in [-0.05, 0) is 77.6 Å². The highest BCUT2D eigenvalue weighted by atomic mass is 79.9. The predicted octanol–water partition coefficient (Wildman–Crippen LogP) is 7.43. The lowest BCUT2D eigenvalue weighted by atomic mass is 9.88. The Hall–Kier alpha value is -2.28. The Kier molecular flexibility index (Phi) is 13.2. The lowest BCUT2D eigenvalue weighted by Gasteiger charge is -2.34. The van der Waals surface area contributed by atoms with Gasteiger partial charge in [0.05, 0.1) is 5.56 Å². The Morgan fingerprint density at radius 3 is 2.12 bits per heavy atom. The van der Waals surface area contributed by atoms with Crippen LogP contribution in [0.4, 0.5) is 19.0 Å². The van der Waals surface area contributed by atoms with Crippen molar-refractivity contribution < 1.29 is 39.9 Å². The normalized spacial score (nSPS) is 17.9. The van der Waals surface area contributed by atoms with Gasteiger partial charge < -0.3 is 10.0 Å². The number of carboxylic acid groups (broad SMARTS) is 1. The SMILES string of the molecule is O=C(O)[C@H](Cc1ccccc1)NS(=O)(=O)c1cnc(N2CCC(CCCCC3CCN(S(=O)(=O)c4cc(Br)c(Cl)s4)CC3)CC2)c(C(F)(F)F)c1. The summed E-state index contributed by atoms with van der Waals surface area (Å²) in [4.78, 5) is 16.5. The quantitative estimate of drug-likeness (QED) is 0.160. The molecule has 0 radical (unpaired) electrons. The number of unbranched alkanes of at least 4 members (excludes halogenated alkanes) is 1. The first-order chi connectivity index (χ1) is 24.0. The van der Waals surface area contributed by atoms with E-state index in [9.17, 15) is 39.9 Å². The number of thiophene rings is 1. The molecule has 2 fully saturated rings. The largest absolute Gasteiger partial charge is 0.480 e. The van der Waals surface area contributed by atoms with Crippen molar-refractivity contribution in [2.75, 3.05) is 31.1 Å². The van der Waals surface area contributed by atoms with Gasteiger partial charge in [-0.15, -0.1) is 11.3 Å². The molecule has 2 aliphatic rings. The molecule has 2 aromatic heterocycles. The highest BCUT2D eigenvalue weighted by molar-refractivity contribution is 9.10. The minimum Gasteiger partial charge on any atom is -0.480 e. The number of benzene rings is 1. The predicted molar refractivity (Wildman–Crippen MR) is 193 cm³/mol. The summed E-state index contributed by atoms with van der Waals surface area (Å²) in [5.74, 6) is -1.04. The Bertz CT molecular complexity index is 1860. The number of halogens is 5. The van der Waals surface area contributed by atoms with E-state index >= 15 is 0 Å². The van der Waals surface area contributed by atoms with Crippen LogP contribution in [0.2, 0.25) is 4.34 Å². The number of piperidine rings is 2. The molecular formula is C33H39BrClF3N4O6S3. The summed E-state index contributed by atoms with van der Waals surface area (Å²) in [7, 11) is -8.22. The van der Waals surface area contributed by atoms with E-state index in [4.69, 9.17) is 11.6 Å². The van der Waals surface area contributed by atoms with E-state index in [1.807, 2.05) is 4.72 Å². The van der Waals surface area contributed by atoms with Crippen LogP contribution >= 0.6 is 38.9 Å². The molecule has 0 unspecified atom stereocenters. The van der Waals surface area contributed by atoms with Crippen molar-refractivity contribution in [3.63, 3.8) is 0 Å². The van der Waals surface area contributed by atoms with Crippen LogP contribution in [0.25, 0.3) is 0 Å². The number of carbonyl (C=O) groups is 1. The lowest BCUT2D eigenvalue weighted by Crippen LogP contribution is -2.42. The van der Waals surface area contributed by atoms with Crippen molar-refractivity contribution >= 4 is 70.7 Å². The third-order valence-electron chi connectivity index (χ3n) is 9.51. The number of pyridine rings is 1. The number of sulfonamides is 2. The van der Waals surface area contributed by atoms with Crippen molar-refractivity contribution in [1.82, 2.24) is 14.0 Å². The van der Waals surface area contributed by atoms with Crippen LogP contribution in [0.1, 0.15) is 62.5 Å². The molecule has 2 aliphatic heterocycles. The summed E-state index contributed by atoms with van der Waals surface area (Å²) >= 11 is 10.4. The summed E-state index contributed by atoms with van der Waals surface area (Å²) < 4.78 is 99.6. The van der Waals surface area contributed by atoms with Crippen LogP contribution in [-0.2, 0) is 37.4 Å². The Balaban J connectivity index is 1.10. The van der Waals surface area contributed by atoms with Gasteiger partial charge in [-0.3, -0.25) is 4.79 Å². The molecule has 10 nitrogen and oxygen atoms in total. The van der Waals surface area contributed by atoms with Crippen LogP contribution < -0.4 is 9.62 Å². The number of carboxylic acids is 1. The molecule has 0 aliphatic carbocycles. The van der Waals surface area contributed by atoms with Gasteiger partial charge >= 0.3 is 12.1 Å². The maximum atomic E-state index is 14.2. The maximum absolute atomic E-state index is 14.2. The van der Waals surface area contributed by atoms with Gasteiger partial charge in [0.15, 0.2) is 0 Å². The standard InChI is InChI=1S/C33H39BrClF3N4O6S3/c34-27-20-29(49-30(27)35)51(47,48)42-16-12-23(13-17-42)7-5-4-6-22-10-14-41(15-11-22)31-26(33(36,37)38)19-25(21-39-31)50(45,46)40-28(32(43)44)18-24-8-2-1-3-9-24/h1-3,8-9,19-23,28,40H,4-7,10-18H2,(H,43,44)/t28-/m0/s1. The van der Waals surface area contributed by atoms with Gasteiger partial charge in [0.1, 0.15) is 25.3 Å². The van der Waals surface area contributed by atoms with Crippen molar-refractivity contribution in [2.45, 2.75) is 79.1 Å². The van der Waals surface area contributed by atoms with Crippen molar-refractivity contribution in [3.05, 3.63) is 68.6 Å². The van der Waals surface area contributed by atoms with Gasteiger partial charge in [-0.25, -0.2) is 21.8 Å². The van der Waals surface area contributed by atoms with Crippen LogP contribution in [-0.4, -0.2) is 69.4 Å².